The smallest absolute Gasteiger partial charge is 0.407 e. The topological polar surface area (TPSA) is 78.6 Å². The molecule has 0 spiro atoms. The van der Waals surface area contributed by atoms with Crippen molar-refractivity contribution in [3.8, 4) is 5.75 Å². The van der Waals surface area contributed by atoms with E-state index < -0.39 is 6.09 Å². The van der Waals surface area contributed by atoms with Gasteiger partial charge in [-0.3, -0.25) is 9.58 Å². The third-order valence-electron chi connectivity index (χ3n) is 2.46. The van der Waals surface area contributed by atoms with Gasteiger partial charge in [-0.2, -0.15) is 5.10 Å². The Bertz CT molecular complexity index is 374. The van der Waals surface area contributed by atoms with Gasteiger partial charge in [0.05, 0.1) is 31.0 Å². The molecule has 6 nitrogen and oxygen atoms in total. The van der Waals surface area contributed by atoms with E-state index in [1.165, 1.54) is 11.1 Å². The van der Waals surface area contributed by atoms with Crippen LogP contribution in [-0.2, 0) is 13.1 Å². The molecule has 1 aromatic rings. The molecule has 1 atom stereocenters. The van der Waals surface area contributed by atoms with E-state index in [2.05, 4.69) is 5.10 Å². The van der Waals surface area contributed by atoms with Gasteiger partial charge in [-0.1, -0.05) is 0 Å². The summed E-state index contributed by atoms with van der Waals surface area (Å²) in [5, 5.41) is 22.2. The number of aromatic hydroxyl groups is 1. The molecule has 6 heteroatoms. The fourth-order valence-electron chi connectivity index (χ4n) is 1.64. The normalized spacial score (nSPS) is 20.6. The Morgan fingerprint density at radius 1 is 1.71 bits per heavy atom. The summed E-state index contributed by atoms with van der Waals surface area (Å²) >= 11 is 0. The second-order valence-corrected chi connectivity index (χ2v) is 3.42. The summed E-state index contributed by atoms with van der Waals surface area (Å²) in [4.78, 5) is 12.1. The van der Waals surface area contributed by atoms with Crippen molar-refractivity contribution in [1.29, 1.82) is 0 Å². The third-order valence-corrected chi connectivity index (χ3v) is 2.46. The first-order valence-electron chi connectivity index (χ1n) is 4.33. The molecule has 2 rings (SSSR count). The molecule has 0 saturated carbocycles. The lowest BCUT2D eigenvalue weighted by Crippen LogP contribution is -2.44. The van der Waals surface area contributed by atoms with Crippen molar-refractivity contribution in [3.63, 3.8) is 0 Å². The van der Waals surface area contributed by atoms with E-state index >= 15 is 0 Å². The molecule has 1 aromatic heterocycles. The van der Waals surface area contributed by atoms with Gasteiger partial charge in [-0.05, 0) is 6.92 Å². The molecule has 1 aliphatic rings. The quantitative estimate of drug-likeness (QED) is 0.633. The van der Waals surface area contributed by atoms with Gasteiger partial charge in [-0.25, -0.2) is 4.79 Å². The number of amides is 1. The van der Waals surface area contributed by atoms with Crippen LogP contribution in [0.3, 0.4) is 0 Å². The molecule has 0 radical (unpaired) electrons. The van der Waals surface area contributed by atoms with Crippen molar-refractivity contribution in [2.75, 3.05) is 0 Å². The molecule has 0 unspecified atom stereocenters. The number of nitrogens with zero attached hydrogens (tertiary/aromatic N) is 3. The Morgan fingerprint density at radius 2 is 2.43 bits per heavy atom. The number of hydrogen-bond donors (Lipinski definition) is 2. The van der Waals surface area contributed by atoms with Gasteiger partial charge in [0.1, 0.15) is 0 Å². The van der Waals surface area contributed by atoms with Crippen LogP contribution in [0.4, 0.5) is 4.79 Å². The van der Waals surface area contributed by atoms with E-state index in [9.17, 15) is 9.90 Å². The fraction of sp³-hybridized carbons (Fsp3) is 0.500. The first-order chi connectivity index (χ1) is 6.59. The highest BCUT2D eigenvalue weighted by Gasteiger charge is 2.28. The Hall–Kier alpha value is -1.72. The molecule has 0 fully saturated rings. The van der Waals surface area contributed by atoms with Crippen molar-refractivity contribution in [3.05, 3.63) is 11.9 Å². The van der Waals surface area contributed by atoms with E-state index in [0.717, 1.165) is 0 Å². The van der Waals surface area contributed by atoms with Crippen molar-refractivity contribution in [2.45, 2.75) is 26.1 Å². The van der Waals surface area contributed by atoms with Gasteiger partial charge in [0.25, 0.3) is 0 Å². The number of hydrogen-bond acceptors (Lipinski definition) is 3. The van der Waals surface area contributed by atoms with Crippen LogP contribution < -0.4 is 0 Å². The predicted octanol–water partition coefficient (Wildman–Crippen LogP) is 0.471. The molecule has 0 saturated heterocycles. The molecule has 0 bridgehead atoms. The highest BCUT2D eigenvalue weighted by atomic mass is 16.4. The lowest BCUT2D eigenvalue weighted by atomic mass is 10.2. The van der Waals surface area contributed by atoms with Crippen LogP contribution in [-0.4, -0.2) is 37.0 Å². The van der Waals surface area contributed by atoms with Crippen molar-refractivity contribution >= 4 is 6.09 Å². The largest absolute Gasteiger partial charge is 0.504 e. The van der Waals surface area contributed by atoms with Gasteiger partial charge in [0.2, 0.25) is 0 Å². The zero-order valence-corrected chi connectivity index (χ0v) is 7.71. The van der Waals surface area contributed by atoms with Crippen LogP contribution in [0.5, 0.6) is 5.75 Å². The standard InChI is InChI=1S/C8H11N3O3/c1-5-3-11-6(7(12)2-9-11)4-10(5)8(13)14/h2,5,12H,3-4H2,1H3,(H,13,14)/t5-/m0/s1. The summed E-state index contributed by atoms with van der Waals surface area (Å²) in [6, 6.07) is -0.112. The number of rotatable bonds is 0. The highest BCUT2D eigenvalue weighted by molar-refractivity contribution is 5.65. The summed E-state index contributed by atoms with van der Waals surface area (Å²) in [6.07, 6.45) is 0.372. The first-order valence-corrected chi connectivity index (χ1v) is 4.33. The van der Waals surface area contributed by atoms with Gasteiger partial charge >= 0.3 is 6.09 Å². The summed E-state index contributed by atoms with van der Waals surface area (Å²) in [6.45, 7) is 2.50. The monoisotopic (exact) mass is 197 g/mol. The molecule has 0 aromatic carbocycles. The van der Waals surface area contributed by atoms with Crippen molar-refractivity contribution < 1.29 is 15.0 Å². The number of fused-ring (bicyclic) bond motifs is 1. The number of aromatic nitrogens is 2. The van der Waals surface area contributed by atoms with E-state index in [4.69, 9.17) is 5.11 Å². The average Bonchev–Trinajstić information content (AvgIpc) is 2.46. The minimum atomic E-state index is -0.968. The molecule has 76 valence electrons. The van der Waals surface area contributed by atoms with Crippen LogP contribution in [0.25, 0.3) is 0 Å². The molecule has 0 aliphatic carbocycles. The molecular weight excluding hydrogens is 186 g/mol. The lowest BCUT2D eigenvalue weighted by molar-refractivity contribution is 0.104. The summed E-state index contributed by atoms with van der Waals surface area (Å²) < 4.78 is 1.64. The van der Waals surface area contributed by atoms with Gasteiger partial charge < -0.3 is 10.2 Å². The molecule has 2 heterocycles. The van der Waals surface area contributed by atoms with Crippen LogP contribution in [0, 0.1) is 0 Å². The Labute approximate surface area is 80.4 Å². The summed E-state index contributed by atoms with van der Waals surface area (Å²) in [5.41, 5.74) is 0.561. The molecule has 2 N–H and O–H groups in total. The van der Waals surface area contributed by atoms with Gasteiger partial charge in [0.15, 0.2) is 5.75 Å². The van der Waals surface area contributed by atoms with Crippen molar-refractivity contribution in [2.24, 2.45) is 0 Å². The second-order valence-electron chi connectivity index (χ2n) is 3.42. The van der Waals surface area contributed by atoms with Gasteiger partial charge in [0, 0.05) is 0 Å². The Balaban J connectivity index is 2.33. The first kappa shape index (κ1) is 8.86. The second kappa shape index (κ2) is 2.90. The molecule has 1 aliphatic heterocycles. The van der Waals surface area contributed by atoms with Crippen LogP contribution in [0.15, 0.2) is 6.20 Å². The van der Waals surface area contributed by atoms with Crippen LogP contribution in [0.2, 0.25) is 0 Å². The maximum absolute atomic E-state index is 10.8. The number of carboxylic acid groups (broad SMARTS) is 1. The average molecular weight is 197 g/mol. The predicted molar refractivity (Wildman–Crippen MR) is 46.9 cm³/mol. The highest BCUT2D eigenvalue weighted by Crippen LogP contribution is 2.24. The zero-order chi connectivity index (χ0) is 10.3. The van der Waals surface area contributed by atoms with Crippen molar-refractivity contribution in [1.82, 2.24) is 14.7 Å². The third kappa shape index (κ3) is 1.19. The zero-order valence-electron chi connectivity index (χ0n) is 7.71. The maximum Gasteiger partial charge on any atom is 0.407 e. The summed E-state index contributed by atoms with van der Waals surface area (Å²) in [5.74, 6) is 0.0585. The maximum atomic E-state index is 10.8. The SMILES string of the molecule is C[C@H]1Cn2ncc(O)c2CN1C(=O)O. The fourth-order valence-corrected chi connectivity index (χ4v) is 1.64. The summed E-state index contributed by atoms with van der Waals surface area (Å²) in [7, 11) is 0. The van der Waals surface area contributed by atoms with E-state index in [-0.39, 0.29) is 18.3 Å². The molecular formula is C8H11N3O3. The Morgan fingerprint density at radius 3 is 3.07 bits per heavy atom. The minimum absolute atomic E-state index is 0.0585. The lowest BCUT2D eigenvalue weighted by Gasteiger charge is -2.31. The number of carbonyl (C=O) groups is 1. The molecule has 14 heavy (non-hydrogen) atoms. The minimum Gasteiger partial charge on any atom is -0.504 e. The van der Waals surface area contributed by atoms with Crippen LogP contribution >= 0.6 is 0 Å². The van der Waals surface area contributed by atoms with E-state index in [0.29, 0.717) is 12.2 Å². The van der Waals surface area contributed by atoms with Gasteiger partial charge in [-0.15, -0.1) is 0 Å². The Kier molecular flexibility index (Phi) is 1.83. The van der Waals surface area contributed by atoms with Crippen LogP contribution in [0.1, 0.15) is 12.6 Å². The van der Waals surface area contributed by atoms with E-state index in [1.807, 2.05) is 6.92 Å². The molecule has 1 amide bonds. The van der Waals surface area contributed by atoms with E-state index in [1.54, 1.807) is 4.68 Å².